The van der Waals surface area contributed by atoms with Crippen molar-refractivity contribution in [3.8, 4) is 16.9 Å². The van der Waals surface area contributed by atoms with E-state index in [0.29, 0.717) is 51.5 Å². The number of ether oxygens (including phenoxy) is 2. The molecule has 7 rings (SSSR count). The van der Waals surface area contributed by atoms with Gasteiger partial charge in [-0.25, -0.2) is 4.98 Å². The molecule has 0 radical (unpaired) electrons. The highest BCUT2D eigenvalue weighted by Crippen LogP contribution is 2.46. The van der Waals surface area contributed by atoms with Crippen LogP contribution in [0.15, 0.2) is 53.7 Å². The molecule has 12 nitrogen and oxygen atoms in total. The standard InChI is InChI=1S/C31H33BrN9O3P/c1-41-17-18(14-37-41)20-13-24(28-19(5-4-11-44-28)26(20)25-16-33-10-12-43-25)39-31-36-15-21(32)30(40-31)38-23-7-6-22-27(35-9-8-34-22)29(23)45(2,3)42/h6-9,13-15,17,25,33H,4-5,10-12,16H2,1-3H3,(H2,36,38,39,40). The molecule has 0 amide bonds. The molecule has 0 aliphatic carbocycles. The van der Waals surface area contributed by atoms with Crippen molar-refractivity contribution in [3.05, 3.63) is 64.8 Å². The van der Waals surface area contributed by atoms with Gasteiger partial charge in [0, 0.05) is 56.1 Å². The number of aromatic nitrogens is 6. The van der Waals surface area contributed by atoms with Crippen LogP contribution in [0.2, 0.25) is 0 Å². The van der Waals surface area contributed by atoms with Crippen LogP contribution in [0.1, 0.15) is 23.7 Å². The van der Waals surface area contributed by atoms with Gasteiger partial charge in [0.15, 0.2) is 0 Å². The number of nitrogens with zero attached hydrogens (tertiary/aromatic N) is 6. The van der Waals surface area contributed by atoms with Crippen molar-refractivity contribution in [1.82, 2.24) is 35.0 Å². The molecule has 0 spiro atoms. The molecule has 1 unspecified atom stereocenters. The zero-order valence-corrected chi connectivity index (χ0v) is 27.7. The predicted molar refractivity (Wildman–Crippen MR) is 179 cm³/mol. The second kappa shape index (κ2) is 12.1. The molecule has 2 aliphatic rings. The van der Waals surface area contributed by atoms with Crippen LogP contribution in [0.5, 0.6) is 5.75 Å². The monoisotopic (exact) mass is 689 g/mol. The molecule has 3 N–H and O–H groups in total. The van der Waals surface area contributed by atoms with Crippen LogP contribution in [0.4, 0.5) is 23.1 Å². The number of rotatable bonds is 7. The van der Waals surface area contributed by atoms with E-state index >= 15 is 0 Å². The maximum Gasteiger partial charge on any atom is 0.229 e. The molecule has 2 aromatic carbocycles. The van der Waals surface area contributed by atoms with Crippen LogP contribution < -0.4 is 26.0 Å². The molecule has 2 aliphatic heterocycles. The Bertz CT molecular complexity index is 1950. The van der Waals surface area contributed by atoms with Crippen LogP contribution in [0.25, 0.3) is 22.2 Å². The van der Waals surface area contributed by atoms with Crippen molar-refractivity contribution >= 4 is 62.6 Å². The first kappa shape index (κ1) is 29.8. The molecule has 1 fully saturated rings. The van der Waals surface area contributed by atoms with Gasteiger partial charge >= 0.3 is 0 Å². The molecular formula is C31H33BrN9O3P. The number of anilines is 4. The van der Waals surface area contributed by atoms with Gasteiger partial charge < -0.3 is 30.0 Å². The first-order valence-corrected chi connectivity index (χ1v) is 18.2. The molecule has 45 heavy (non-hydrogen) atoms. The van der Waals surface area contributed by atoms with Gasteiger partial charge in [0.05, 0.1) is 52.2 Å². The highest BCUT2D eigenvalue weighted by molar-refractivity contribution is 9.10. The minimum absolute atomic E-state index is 0.105. The first-order chi connectivity index (χ1) is 21.8. The lowest BCUT2D eigenvalue weighted by atomic mass is 9.88. The van der Waals surface area contributed by atoms with Crippen LogP contribution in [0.3, 0.4) is 0 Å². The van der Waals surface area contributed by atoms with E-state index in [2.05, 4.69) is 58.0 Å². The lowest BCUT2D eigenvalue weighted by Gasteiger charge is -2.31. The van der Waals surface area contributed by atoms with E-state index in [-0.39, 0.29) is 6.10 Å². The number of nitrogens with one attached hydrogen (secondary N) is 3. The Kier molecular flexibility index (Phi) is 8.03. The van der Waals surface area contributed by atoms with Crippen LogP contribution >= 0.6 is 23.1 Å². The fourth-order valence-corrected chi connectivity index (χ4v) is 7.70. The summed E-state index contributed by atoms with van der Waals surface area (Å²) in [6.07, 6.45) is 10.5. The van der Waals surface area contributed by atoms with E-state index in [1.54, 1.807) is 36.6 Å². The number of fused-ring (bicyclic) bond motifs is 2. The number of morpholine rings is 1. The molecule has 14 heteroatoms. The van der Waals surface area contributed by atoms with Gasteiger partial charge in [-0.1, -0.05) is 0 Å². The summed E-state index contributed by atoms with van der Waals surface area (Å²) in [5, 5.41) is 15.4. The Morgan fingerprint density at radius 2 is 1.96 bits per heavy atom. The zero-order valence-electron chi connectivity index (χ0n) is 25.2. The number of hydrogen-bond acceptors (Lipinski definition) is 11. The second-order valence-electron chi connectivity index (χ2n) is 11.5. The van der Waals surface area contributed by atoms with Crippen LogP contribution in [-0.2, 0) is 22.8 Å². The molecule has 0 saturated carbocycles. The normalized spacial score (nSPS) is 16.7. The maximum atomic E-state index is 13.5. The van der Waals surface area contributed by atoms with Gasteiger partial charge in [0.1, 0.15) is 24.2 Å². The molecule has 5 aromatic rings. The molecule has 1 atom stereocenters. The minimum Gasteiger partial charge on any atom is -0.491 e. The van der Waals surface area contributed by atoms with Crippen molar-refractivity contribution in [1.29, 1.82) is 0 Å². The number of aryl methyl sites for hydroxylation is 1. The van der Waals surface area contributed by atoms with Crippen molar-refractivity contribution in [2.45, 2.75) is 18.9 Å². The fraction of sp³-hybridized carbons (Fsp3) is 0.323. The van der Waals surface area contributed by atoms with Crippen LogP contribution in [-0.4, -0.2) is 69.3 Å². The summed E-state index contributed by atoms with van der Waals surface area (Å²) < 4.78 is 28.5. The summed E-state index contributed by atoms with van der Waals surface area (Å²) >= 11 is 3.59. The topological polar surface area (TPSA) is 141 Å². The van der Waals surface area contributed by atoms with Gasteiger partial charge in [-0.15, -0.1) is 0 Å². The molecule has 232 valence electrons. The summed E-state index contributed by atoms with van der Waals surface area (Å²) in [4.78, 5) is 18.3. The van der Waals surface area contributed by atoms with Gasteiger partial charge in [-0.2, -0.15) is 10.1 Å². The third-order valence-electron chi connectivity index (χ3n) is 7.90. The van der Waals surface area contributed by atoms with Gasteiger partial charge in [0.25, 0.3) is 0 Å². The Morgan fingerprint density at radius 3 is 2.73 bits per heavy atom. The average molecular weight is 691 g/mol. The van der Waals surface area contributed by atoms with E-state index in [1.165, 1.54) is 0 Å². The number of hydrogen-bond donors (Lipinski definition) is 3. The molecule has 5 heterocycles. The number of benzene rings is 2. The first-order valence-electron chi connectivity index (χ1n) is 14.8. The Morgan fingerprint density at radius 1 is 1.09 bits per heavy atom. The lowest BCUT2D eigenvalue weighted by Crippen LogP contribution is -2.34. The third kappa shape index (κ3) is 5.93. The van der Waals surface area contributed by atoms with E-state index < -0.39 is 7.14 Å². The molecule has 1 saturated heterocycles. The Hall–Kier alpha value is -3.90. The van der Waals surface area contributed by atoms with Crippen molar-refractivity contribution in [2.75, 3.05) is 50.3 Å². The van der Waals surface area contributed by atoms with E-state index in [0.717, 1.165) is 59.6 Å². The Labute approximate surface area is 268 Å². The lowest BCUT2D eigenvalue weighted by molar-refractivity contribution is 0.0271. The average Bonchev–Trinajstić information content (AvgIpc) is 3.48. The summed E-state index contributed by atoms with van der Waals surface area (Å²) in [7, 11) is -0.848. The minimum atomic E-state index is -2.76. The summed E-state index contributed by atoms with van der Waals surface area (Å²) in [5.41, 5.74) is 6.96. The van der Waals surface area contributed by atoms with Crippen molar-refractivity contribution < 1.29 is 14.0 Å². The van der Waals surface area contributed by atoms with E-state index in [4.69, 9.17) is 14.5 Å². The smallest absolute Gasteiger partial charge is 0.229 e. The van der Waals surface area contributed by atoms with Gasteiger partial charge in [-0.05, 0) is 71.4 Å². The largest absolute Gasteiger partial charge is 0.491 e. The maximum absolute atomic E-state index is 13.5. The summed E-state index contributed by atoms with van der Waals surface area (Å²) in [5.74, 6) is 1.66. The van der Waals surface area contributed by atoms with Gasteiger partial charge in [0.2, 0.25) is 5.95 Å². The molecular weight excluding hydrogens is 657 g/mol. The summed E-state index contributed by atoms with van der Waals surface area (Å²) in [6.45, 7) is 6.27. The van der Waals surface area contributed by atoms with E-state index in [1.807, 2.05) is 31.6 Å². The summed E-state index contributed by atoms with van der Waals surface area (Å²) in [6, 6.07) is 5.80. The zero-order chi connectivity index (χ0) is 31.1. The van der Waals surface area contributed by atoms with Crippen LogP contribution in [0, 0.1) is 0 Å². The predicted octanol–water partition coefficient (Wildman–Crippen LogP) is 5.30. The molecule has 3 aromatic heterocycles. The van der Waals surface area contributed by atoms with E-state index in [9.17, 15) is 4.57 Å². The fourth-order valence-electron chi connectivity index (χ4n) is 6.01. The molecule has 0 bridgehead atoms. The van der Waals surface area contributed by atoms with Crippen molar-refractivity contribution in [3.63, 3.8) is 0 Å². The second-order valence-corrected chi connectivity index (χ2v) is 15.5. The highest BCUT2D eigenvalue weighted by Gasteiger charge is 2.30. The SMILES string of the molecule is Cn1cc(-c2cc(Nc3ncc(Br)c(Nc4ccc5nccnc5c4P(C)(C)=O)n3)c3c(c2C2CNCCO2)CCCO3)cn1. The number of halogens is 1. The Balaban J connectivity index is 1.30. The van der Waals surface area contributed by atoms with Crippen molar-refractivity contribution in [2.24, 2.45) is 7.05 Å². The third-order valence-corrected chi connectivity index (χ3v) is 10.0. The van der Waals surface area contributed by atoms with Gasteiger partial charge in [-0.3, -0.25) is 14.6 Å². The highest BCUT2D eigenvalue weighted by atomic mass is 79.9. The quantitative estimate of drug-likeness (QED) is 0.192.